The Hall–Kier alpha value is -3.35. The van der Waals surface area contributed by atoms with Crippen LogP contribution in [0.25, 0.3) is 16.6 Å². The van der Waals surface area contributed by atoms with Gasteiger partial charge in [0.05, 0.1) is 11.8 Å². The second kappa shape index (κ2) is 6.51. The number of nitrogens with one attached hydrogen (secondary N) is 1. The highest BCUT2D eigenvalue weighted by Gasteiger charge is 2.19. The first-order chi connectivity index (χ1) is 12.6. The molecule has 1 N–H and O–H groups in total. The number of aromatic nitrogens is 3. The molecule has 1 aromatic carbocycles. The normalized spacial score (nSPS) is 12.5. The van der Waals surface area contributed by atoms with Crippen LogP contribution in [0, 0.1) is 0 Å². The first kappa shape index (κ1) is 16.1. The third-order valence-corrected chi connectivity index (χ3v) is 4.48. The minimum absolute atomic E-state index is 0.241. The van der Waals surface area contributed by atoms with Gasteiger partial charge < -0.3 is 9.73 Å². The summed E-state index contributed by atoms with van der Waals surface area (Å²) in [5.74, 6) is -0.241. The fourth-order valence-electron chi connectivity index (χ4n) is 3.02. The summed E-state index contributed by atoms with van der Waals surface area (Å²) < 4.78 is 8.19. The van der Waals surface area contributed by atoms with Gasteiger partial charge in [-0.2, -0.15) is 5.10 Å². The zero-order chi connectivity index (χ0) is 18.1. The SMILES string of the molecule is C[C@@H](C(=O)NCCc1ccccc1)n1ncn2c(cc3occc32)c1=O. The molecule has 4 rings (SSSR count). The molecule has 1 atom stereocenters. The largest absolute Gasteiger partial charge is 0.463 e. The lowest BCUT2D eigenvalue weighted by molar-refractivity contribution is -0.124. The Kier molecular flexibility index (Phi) is 4.04. The van der Waals surface area contributed by atoms with Crippen LogP contribution in [-0.4, -0.2) is 26.6 Å². The van der Waals surface area contributed by atoms with E-state index in [0.29, 0.717) is 17.6 Å². The van der Waals surface area contributed by atoms with E-state index in [0.717, 1.165) is 17.5 Å². The fraction of sp³-hybridized carbons (Fsp3) is 0.211. The maximum absolute atomic E-state index is 12.7. The van der Waals surface area contributed by atoms with Crippen molar-refractivity contribution in [1.29, 1.82) is 0 Å². The van der Waals surface area contributed by atoms with Gasteiger partial charge in [-0.3, -0.25) is 14.0 Å². The van der Waals surface area contributed by atoms with Crippen molar-refractivity contribution >= 4 is 22.5 Å². The van der Waals surface area contributed by atoms with E-state index in [1.165, 1.54) is 11.0 Å². The molecular weight excluding hydrogens is 332 g/mol. The Morgan fingerprint density at radius 2 is 2.04 bits per heavy atom. The van der Waals surface area contributed by atoms with E-state index in [9.17, 15) is 9.59 Å². The number of rotatable bonds is 5. The average molecular weight is 350 g/mol. The van der Waals surface area contributed by atoms with E-state index in [1.54, 1.807) is 29.7 Å². The van der Waals surface area contributed by atoms with Crippen LogP contribution in [0.5, 0.6) is 0 Å². The molecule has 0 aliphatic heterocycles. The number of furan rings is 1. The molecule has 0 saturated carbocycles. The predicted molar refractivity (Wildman–Crippen MR) is 97.1 cm³/mol. The third kappa shape index (κ3) is 2.77. The summed E-state index contributed by atoms with van der Waals surface area (Å²) in [7, 11) is 0. The summed E-state index contributed by atoms with van der Waals surface area (Å²) in [6.45, 7) is 2.16. The number of benzene rings is 1. The molecule has 0 aliphatic rings. The van der Waals surface area contributed by atoms with Crippen LogP contribution in [0.1, 0.15) is 18.5 Å². The van der Waals surface area contributed by atoms with Crippen molar-refractivity contribution in [2.75, 3.05) is 6.54 Å². The van der Waals surface area contributed by atoms with Gasteiger partial charge in [0, 0.05) is 18.7 Å². The number of carbonyl (C=O) groups is 1. The van der Waals surface area contributed by atoms with Crippen LogP contribution in [0.2, 0.25) is 0 Å². The topological polar surface area (TPSA) is 81.5 Å². The number of nitrogens with zero attached hydrogens (tertiary/aromatic N) is 3. The van der Waals surface area contributed by atoms with Gasteiger partial charge in [0.25, 0.3) is 5.56 Å². The Morgan fingerprint density at radius 1 is 1.23 bits per heavy atom. The molecule has 0 fully saturated rings. The Morgan fingerprint density at radius 3 is 2.85 bits per heavy atom. The minimum Gasteiger partial charge on any atom is -0.463 e. The summed E-state index contributed by atoms with van der Waals surface area (Å²) in [5.41, 5.74) is 2.63. The van der Waals surface area contributed by atoms with Gasteiger partial charge in [-0.15, -0.1) is 0 Å². The van der Waals surface area contributed by atoms with Crippen molar-refractivity contribution in [3.8, 4) is 0 Å². The summed E-state index contributed by atoms with van der Waals surface area (Å²) in [5, 5.41) is 7.02. The van der Waals surface area contributed by atoms with Gasteiger partial charge in [0.1, 0.15) is 17.9 Å². The molecule has 7 heteroatoms. The second-order valence-corrected chi connectivity index (χ2v) is 6.15. The Balaban J connectivity index is 1.51. The summed E-state index contributed by atoms with van der Waals surface area (Å²) >= 11 is 0. The van der Waals surface area contributed by atoms with Gasteiger partial charge >= 0.3 is 0 Å². The molecular formula is C19H18N4O3. The average Bonchev–Trinajstić information content (AvgIpc) is 3.24. The molecule has 0 unspecified atom stereocenters. The van der Waals surface area contributed by atoms with Gasteiger partial charge in [0.2, 0.25) is 5.91 Å². The zero-order valence-electron chi connectivity index (χ0n) is 14.3. The van der Waals surface area contributed by atoms with Crippen molar-refractivity contribution < 1.29 is 9.21 Å². The molecule has 7 nitrogen and oxygen atoms in total. The van der Waals surface area contributed by atoms with Gasteiger partial charge in [-0.05, 0) is 18.9 Å². The van der Waals surface area contributed by atoms with E-state index in [2.05, 4.69) is 10.4 Å². The predicted octanol–water partition coefficient (Wildman–Crippen LogP) is 2.16. The van der Waals surface area contributed by atoms with Crippen LogP contribution in [0.4, 0.5) is 0 Å². The fourth-order valence-corrected chi connectivity index (χ4v) is 3.02. The molecule has 1 amide bonds. The highest BCUT2D eigenvalue weighted by molar-refractivity contribution is 5.82. The maximum atomic E-state index is 12.7. The lowest BCUT2D eigenvalue weighted by atomic mass is 10.1. The number of carbonyl (C=O) groups excluding carboxylic acids is 1. The van der Waals surface area contributed by atoms with Crippen molar-refractivity contribution in [3.05, 3.63) is 71.0 Å². The van der Waals surface area contributed by atoms with Crippen molar-refractivity contribution in [2.24, 2.45) is 0 Å². The van der Waals surface area contributed by atoms with Crippen LogP contribution in [-0.2, 0) is 11.2 Å². The van der Waals surface area contributed by atoms with E-state index in [-0.39, 0.29) is 11.5 Å². The molecule has 0 aliphatic carbocycles. The molecule has 132 valence electrons. The Labute approximate surface area is 148 Å². The van der Waals surface area contributed by atoms with Crippen molar-refractivity contribution in [1.82, 2.24) is 19.5 Å². The summed E-state index contributed by atoms with van der Waals surface area (Å²) in [4.78, 5) is 25.1. The maximum Gasteiger partial charge on any atom is 0.291 e. The van der Waals surface area contributed by atoms with E-state index < -0.39 is 6.04 Å². The van der Waals surface area contributed by atoms with Crippen LogP contribution >= 0.6 is 0 Å². The number of amides is 1. The van der Waals surface area contributed by atoms with Gasteiger partial charge in [-0.25, -0.2) is 4.68 Å². The van der Waals surface area contributed by atoms with Crippen molar-refractivity contribution in [3.63, 3.8) is 0 Å². The molecule has 26 heavy (non-hydrogen) atoms. The molecule has 4 aromatic rings. The number of fused-ring (bicyclic) bond motifs is 3. The van der Waals surface area contributed by atoms with Crippen LogP contribution in [0.3, 0.4) is 0 Å². The molecule has 0 radical (unpaired) electrons. The van der Waals surface area contributed by atoms with E-state index in [1.807, 2.05) is 30.3 Å². The molecule has 0 saturated heterocycles. The summed E-state index contributed by atoms with van der Waals surface area (Å²) in [6.07, 6.45) is 3.82. The first-order valence-electron chi connectivity index (χ1n) is 8.43. The molecule has 0 spiro atoms. The van der Waals surface area contributed by atoms with E-state index in [4.69, 9.17) is 4.42 Å². The molecule has 3 aromatic heterocycles. The third-order valence-electron chi connectivity index (χ3n) is 4.48. The lowest BCUT2D eigenvalue weighted by Gasteiger charge is -2.14. The van der Waals surface area contributed by atoms with Crippen LogP contribution in [0.15, 0.2) is 64.3 Å². The second-order valence-electron chi connectivity index (χ2n) is 6.15. The highest BCUT2D eigenvalue weighted by atomic mass is 16.3. The summed E-state index contributed by atoms with van der Waals surface area (Å²) in [6, 6.07) is 12.6. The van der Waals surface area contributed by atoms with E-state index >= 15 is 0 Å². The standard InChI is InChI=1S/C19H18N4O3/c1-13(18(24)20-9-7-14-5-3-2-4-6-14)23-19(25)16-11-17-15(8-10-26-17)22(16)12-21-23/h2-6,8,10-13H,7,9H2,1H3,(H,20,24)/t13-/m0/s1. The molecule has 3 heterocycles. The number of hydrogen-bond acceptors (Lipinski definition) is 4. The molecule has 0 bridgehead atoms. The highest BCUT2D eigenvalue weighted by Crippen LogP contribution is 2.18. The quantitative estimate of drug-likeness (QED) is 0.598. The monoisotopic (exact) mass is 350 g/mol. The zero-order valence-corrected chi connectivity index (χ0v) is 14.3. The lowest BCUT2D eigenvalue weighted by Crippen LogP contribution is -2.38. The van der Waals surface area contributed by atoms with Gasteiger partial charge in [-0.1, -0.05) is 30.3 Å². The number of hydrogen-bond donors (Lipinski definition) is 1. The smallest absolute Gasteiger partial charge is 0.291 e. The Bertz CT molecular complexity index is 1120. The van der Waals surface area contributed by atoms with Crippen molar-refractivity contribution in [2.45, 2.75) is 19.4 Å². The van der Waals surface area contributed by atoms with Gasteiger partial charge in [0.15, 0.2) is 5.58 Å². The minimum atomic E-state index is -0.704. The first-order valence-corrected chi connectivity index (χ1v) is 8.43. The van der Waals surface area contributed by atoms with Crippen LogP contribution < -0.4 is 10.9 Å².